The van der Waals surface area contributed by atoms with Gasteiger partial charge in [0.05, 0.1) is 12.5 Å². The summed E-state index contributed by atoms with van der Waals surface area (Å²) in [4.78, 5) is 26.8. The van der Waals surface area contributed by atoms with E-state index in [1.54, 1.807) is 29.2 Å². The van der Waals surface area contributed by atoms with E-state index in [0.717, 1.165) is 12.1 Å². The standard InChI is InChI=1S/C20H22N2O3/c1-2-22(18-9-4-3-5-10-18)20(24)15-7-6-8-17(13-15)21-19(23)16-11-12-25-14-16/h3-10,13,16H,2,11-12,14H2,1H3,(H,21,23). The molecule has 1 unspecified atom stereocenters. The van der Waals surface area contributed by atoms with Gasteiger partial charge in [-0.3, -0.25) is 9.59 Å². The normalized spacial score (nSPS) is 16.4. The Morgan fingerprint density at radius 2 is 1.96 bits per heavy atom. The first-order valence-corrected chi connectivity index (χ1v) is 8.54. The fourth-order valence-electron chi connectivity index (χ4n) is 2.92. The zero-order valence-corrected chi connectivity index (χ0v) is 14.3. The molecule has 2 amide bonds. The SMILES string of the molecule is CCN(C(=O)c1cccc(NC(=O)C2CCOC2)c1)c1ccccc1. The number of nitrogens with zero attached hydrogens (tertiary/aromatic N) is 1. The molecule has 5 heteroatoms. The molecular formula is C20H22N2O3. The Bertz CT molecular complexity index is 740. The van der Waals surface area contributed by atoms with Crippen molar-refractivity contribution in [1.29, 1.82) is 0 Å². The number of carbonyl (C=O) groups is 2. The molecule has 1 atom stereocenters. The summed E-state index contributed by atoms with van der Waals surface area (Å²) in [7, 11) is 0. The molecule has 0 spiro atoms. The van der Waals surface area contributed by atoms with E-state index < -0.39 is 0 Å². The molecule has 1 aliphatic heterocycles. The number of hydrogen-bond donors (Lipinski definition) is 1. The van der Waals surface area contributed by atoms with Crippen molar-refractivity contribution >= 4 is 23.2 Å². The molecule has 1 saturated heterocycles. The Labute approximate surface area is 147 Å². The van der Waals surface area contributed by atoms with Crippen molar-refractivity contribution in [3.8, 4) is 0 Å². The van der Waals surface area contributed by atoms with Gasteiger partial charge in [-0.05, 0) is 43.7 Å². The smallest absolute Gasteiger partial charge is 0.258 e. The summed E-state index contributed by atoms with van der Waals surface area (Å²) in [5.74, 6) is -0.262. The first-order chi connectivity index (χ1) is 12.2. The number of para-hydroxylation sites is 1. The maximum atomic E-state index is 12.9. The van der Waals surface area contributed by atoms with E-state index >= 15 is 0 Å². The van der Waals surface area contributed by atoms with Crippen molar-refractivity contribution in [3.05, 3.63) is 60.2 Å². The molecule has 5 nitrogen and oxygen atoms in total. The van der Waals surface area contributed by atoms with Gasteiger partial charge in [0.25, 0.3) is 5.91 Å². The molecular weight excluding hydrogens is 316 g/mol. The van der Waals surface area contributed by atoms with Crippen LogP contribution in [0.5, 0.6) is 0 Å². The zero-order valence-electron chi connectivity index (χ0n) is 14.3. The minimum Gasteiger partial charge on any atom is -0.381 e. The maximum absolute atomic E-state index is 12.9. The van der Waals surface area contributed by atoms with Gasteiger partial charge in [0.1, 0.15) is 0 Å². The lowest BCUT2D eigenvalue weighted by atomic mass is 10.1. The van der Waals surface area contributed by atoms with Gasteiger partial charge in [-0.15, -0.1) is 0 Å². The minimum absolute atomic E-state index is 0.0579. The summed E-state index contributed by atoms with van der Waals surface area (Å²) in [6.45, 7) is 3.59. The van der Waals surface area contributed by atoms with Crippen LogP contribution in [-0.4, -0.2) is 31.6 Å². The first kappa shape index (κ1) is 17.2. The number of ether oxygens (including phenoxy) is 1. The van der Waals surface area contributed by atoms with Crippen LogP contribution in [0.1, 0.15) is 23.7 Å². The van der Waals surface area contributed by atoms with E-state index in [9.17, 15) is 9.59 Å². The number of amides is 2. The van der Waals surface area contributed by atoms with E-state index in [0.29, 0.717) is 31.0 Å². The van der Waals surface area contributed by atoms with Crippen LogP contribution in [0.25, 0.3) is 0 Å². The Morgan fingerprint density at radius 3 is 2.64 bits per heavy atom. The summed E-state index contributed by atoms with van der Waals surface area (Å²) in [6.07, 6.45) is 0.738. The average Bonchev–Trinajstić information content (AvgIpc) is 3.18. The molecule has 130 valence electrons. The third kappa shape index (κ3) is 4.06. The molecule has 0 aliphatic carbocycles. The quantitative estimate of drug-likeness (QED) is 0.910. The fourth-order valence-corrected chi connectivity index (χ4v) is 2.92. The van der Waals surface area contributed by atoms with Gasteiger partial charge in [0.2, 0.25) is 5.91 Å². The second kappa shape index (κ2) is 7.94. The van der Waals surface area contributed by atoms with Crippen molar-refractivity contribution < 1.29 is 14.3 Å². The second-order valence-electron chi connectivity index (χ2n) is 6.02. The third-order valence-electron chi connectivity index (χ3n) is 4.31. The van der Waals surface area contributed by atoms with Crippen LogP contribution in [0, 0.1) is 5.92 Å². The Kier molecular flexibility index (Phi) is 5.46. The Hall–Kier alpha value is -2.66. The molecule has 0 bridgehead atoms. The van der Waals surface area contributed by atoms with Gasteiger partial charge in [-0.2, -0.15) is 0 Å². The van der Waals surface area contributed by atoms with Crippen LogP contribution in [0.3, 0.4) is 0 Å². The molecule has 1 fully saturated rings. The predicted octanol–water partition coefficient (Wildman–Crippen LogP) is 3.33. The van der Waals surface area contributed by atoms with Crippen LogP contribution >= 0.6 is 0 Å². The van der Waals surface area contributed by atoms with E-state index in [1.807, 2.05) is 37.3 Å². The highest BCUT2D eigenvalue weighted by Gasteiger charge is 2.24. The molecule has 0 saturated carbocycles. The summed E-state index contributed by atoms with van der Waals surface area (Å²) < 4.78 is 5.25. The topological polar surface area (TPSA) is 58.6 Å². The van der Waals surface area contributed by atoms with E-state index in [4.69, 9.17) is 4.74 Å². The summed E-state index contributed by atoms with van der Waals surface area (Å²) in [6, 6.07) is 16.6. The molecule has 1 aliphatic rings. The fraction of sp³-hybridized carbons (Fsp3) is 0.300. The highest BCUT2D eigenvalue weighted by Crippen LogP contribution is 2.20. The van der Waals surface area contributed by atoms with Gasteiger partial charge < -0.3 is 15.0 Å². The Balaban J connectivity index is 1.75. The van der Waals surface area contributed by atoms with Gasteiger partial charge in [0.15, 0.2) is 0 Å². The largest absolute Gasteiger partial charge is 0.381 e. The number of benzene rings is 2. The summed E-state index contributed by atoms with van der Waals surface area (Å²) in [5.41, 5.74) is 2.03. The maximum Gasteiger partial charge on any atom is 0.258 e. The van der Waals surface area contributed by atoms with Gasteiger partial charge >= 0.3 is 0 Å². The second-order valence-corrected chi connectivity index (χ2v) is 6.02. The number of nitrogens with one attached hydrogen (secondary N) is 1. The Morgan fingerprint density at radius 1 is 1.16 bits per heavy atom. The number of rotatable bonds is 5. The molecule has 25 heavy (non-hydrogen) atoms. The van der Waals surface area contributed by atoms with Crippen LogP contribution < -0.4 is 10.2 Å². The van der Waals surface area contributed by atoms with E-state index in [1.165, 1.54) is 0 Å². The summed E-state index contributed by atoms with van der Waals surface area (Å²) >= 11 is 0. The number of anilines is 2. The molecule has 2 aromatic rings. The lowest BCUT2D eigenvalue weighted by molar-refractivity contribution is -0.119. The monoisotopic (exact) mass is 338 g/mol. The van der Waals surface area contributed by atoms with Gasteiger partial charge in [0, 0.05) is 30.1 Å². The van der Waals surface area contributed by atoms with Crippen LogP contribution in [0.2, 0.25) is 0 Å². The molecule has 3 rings (SSSR count). The van der Waals surface area contributed by atoms with E-state index in [-0.39, 0.29) is 17.7 Å². The molecule has 1 N–H and O–H groups in total. The van der Waals surface area contributed by atoms with Crippen LogP contribution in [0.4, 0.5) is 11.4 Å². The average molecular weight is 338 g/mol. The lowest BCUT2D eigenvalue weighted by Crippen LogP contribution is -2.30. The molecule has 1 heterocycles. The van der Waals surface area contributed by atoms with Crippen molar-refractivity contribution in [1.82, 2.24) is 0 Å². The predicted molar refractivity (Wildman–Crippen MR) is 97.8 cm³/mol. The van der Waals surface area contributed by atoms with Crippen molar-refractivity contribution in [3.63, 3.8) is 0 Å². The lowest BCUT2D eigenvalue weighted by Gasteiger charge is -2.21. The van der Waals surface area contributed by atoms with Crippen molar-refractivity contribution in [2.45, 2.75) is 13.3 Å². The van der Waals surface area contributed by atoms with Crippen LogP contribution in [-0.2, 0) is 9.53 Å². The zero-order chi connectivity index (χ0) is 17.6. The van der Waals surface area contributed by atoms with Gasteiger partial charge in [-0.1, -0.05) is 24.3 Å². The molecule has 0 radical (unpaired) electrons. The van der Waals surface area contributed by atoms with Crippen molar-refractivity contribution in [2.75, 3.05) is 30.0 Å². The number of hydrogen-bond acceptors (Lipinski definition) is 3. The number of carbonyl (C=O) groups excluding carboxylic acids is 2. The highest BCUT2D eigenvalue weighted by molar-refractivity contribution is 6.07. The summed E-state index contributed by atoms with van der Waals surface area (Å²) in [5, 5.41) is 2.89. The minimum atomic E-state index is -0.115. The molecule has 2 aromatic carbocycles. The van der Waals surface area contributed by atoms with E-state index in [2.05, 4.69) is 5.32 Å². The third-order valence-corrected chi connectivity index (χ3v) is 4.31. The first-order valence-electron chi connectivity index (χ1n) is 8.54. The van der Waals surface area contributed by atoms with Crippen molar-refractivity contribution in [2.24, 2.45) is 5.92 Å². The highest BCUT2D eigenvalue weighted by atomic mass is 16.5. The van der Waals surface area contributed by atoms with Crippen LogP contribution in [0.15, 0.2) is 54.6 Å². The molecule has 0 aromatic heterocycles. The van der Waals surface area contributed by atoms with Gasteiger partial charge in [-0.25, -0.2) is 0 Å².